The van der Waals surface area contributed by atoms with Crippen LogP contribution in [0.2, 0.25) is 0 Å². The molecule has 178 valence electrons. The lowest BCUT2D eigenvalue weighted by molar-refractivity contribution is 0.455. The number of nitrogens with zero attached hydrogens (tertiary/aromatic N) is 2. The number of fused-ring (bicyclic) bond motifs is 1. The number of nitriles is 1. The molecule has 2 aromatic rings. The molecule has 1 heterocycles. The summed E-state index contributed by atoms with van der Waals surface area (Å²) >= 11 is 0. The summed E-state index contributed by atoms with van der Waals surface area (Å²) in [6, 6.07) is 8.46. The molecule has 2 unspecified atom stereocenters. The molecule has 0 saturated carbocycles. The number of amidine groups is 1. The van der Waals surface area contributed by atoms with Crippen molar-refractivity contribution in [1.82, 2.24) is 10.3 Å². The Kier molecular flexibility index (Phi) is 7.78. The topological polar surface area (TPSA) is 108 Å². The van der Waals surface area contributed by atoms with Gasteiger partial charge in [-0.05, 0) is 63.1 Å². The zero-order chi connectivity index (χ0) is 25.0. The third kappa shape index (κ3) is 5.31. The maximum absolute atomic E-state index is 10.8. The minimum Gasteiger partial charge on any atom is -0.494 e. The predicted molar refractivity (Wildman–Crippen MR) is 140 cm³/mol. The Hall–Kier alpha value is -3.59. The number of nitrogens with one attached hydrogen (secondary N) is 3. The van der Waals surface area contributed by atoms with Gasteiger partial charge in [-0.1, -0.05) is 44.2 Å². The smallest absolute Gasteiger partial charge is 0.198 e. The maximum atomic E-state index is 10.8. The number of rotatable bonds is 7. The number of aryl methyl sites for hydroxylation is 2. The highest BCUT2D eigenvalue weighted by Crippen LogP contribution is 2.34. The third-order valence-electron chi connectivity index (χ3n) is 6.46. The number of aromatic nitrogens is 1. The van der Waals surface area contributed by atoms with Crippen molar-refractivity contribution < 1.29 is 5.11 Å². The summed E-state index contributed by atoms with van der Waals surface area (Å²) in [6.07, 6.45) is 8.03. The van der Waals surface area contributed by atoms with E-state index >= 15 is 0 Å². The monoisotopic (exact) mass is 457 g/mol. The summed E-state index contributed by atoms with van der Waals surface area (Å²) in [7, 11) is 0. The number of aliphatic imine (C=N–C) groups is 1. The molecule has 0 saturated heterocycles. The molecule has 0 radical (unpaired) electrons. The van der Waals surface area contributed by atoms with Gasteiger partial charge in [-0.2, -0.15) is 5.26 Å². The van der Waals surface area contributed by atoms with Gasteiger partial charge in [0.2, 0.25) is 0 Å². The van der Waals surface area contributed by atoms with Gasteiger partial charge in [0.1, 0.15) is 11.9 Å². The van der Waals surface area contributed by atoms with Crippen LogP contribution in [0, 0.1) is 29.6 Å². The Balaban J connectivity index is 2.07. The summed E-state index contributed by atoms with van der Waals surface area (Å²) in [5.74, 6) is 0.636. The molecule has 0 fully saturated rings. The van der Waals surface area contributed by atoms with Crippen molar-refractivity contribution in [1.29, 1.82) is 10.7 Å². The molecule has 6 nitrogen and oxygen atoms in total. The Bertz CT molecular complexity index is 1310. The minimum absolute atomic E-state index is 0.0521. The summed E-state index contributed by atoms with van der Waals surface area (Å²) in [5, 5.41) is 32.8. The summed E-state index contributed by atoms with van der Waals surface area (Å²) in [5.41, 5.74) is 5.78. The van der Waals surface area contributed by atoms with Crippen LogP contribution in [0.25, 0.3) is 12.2 Å². The molecule has 4 N–H and O–H groups in total. The van der Waals surface area contributed by atoms with Gasteiger partial charge in [-0.3, -0.25) is 5.41 Å². The Labute approximate surface area is 202 Å². The highest BCUT2D eigenvalue weighted by atomic mass is 16.3. The number of H-pyrrole nitrogens is 1. The van der Waals surface area contributed by atoms with Gasteiger partial charge in [0.05, 0.1) is 17.3 Å². The van der Waals surface area contributed by atoms with Crippen LogP contribution in [0.4, 0.5) is 0 Å². The fraction of sp³-hybridized carbons (Fsp3) is 0.393. The van der Waals surface area contributed by atoms with Crippen molar-refractivity contribution in [3.8, 4) is 11.9 Å². The van der Waals surface area contributed by atoms with Crippen molar-refractivity contribution in [2.24, 2.45) is 10.9 Å². The van der Waals surface area contributed by atoms with E-state index in [0.717, 1.165) is 23.4 Å². The lowest BCUT2D eigenvalue weighted by Gasteiger charge is -2.25. The van der Waals surface area contributed by atoms with Crippen LogP contribution in [0.15, 0.2) is 35.0 Å². The Morgan fingerprint density at radius 1 is 1.32 bits per heavy atom. The third-order valence-corrected chi connectivity index (χ3v) is 6.46. The van der Waals surface area contributed by atoms with E-state index in [4.69, 9.17) is 10.7 Å². The first-order valence-corrected chi connectivity index (χ1v) is 11.9. The molecule has 0 bridgehead atoms. The zero-order valence-electron chi connectivity index (χ0n) is 21.0. The molecule has 1 aliphatic rings. The molecule has 1 aliphatic carbocycles. The van der Waals surface area contributed by atoms with Crippen molar-refractivity contribution in [3.63, 3.8) is 0 Å². The molecule has 34 heavy (non-hydrogen) atoms. The number of hydrogen-bond acceptors (Lipinski definition) is 4. The fourth-order valence-electron chi connectivity index (χ4n) is 4.66. The van der Waals surface area contributed by atoms with E-state index in [9.17, 15) is 5.11 Å². The highest BCUT2D eigenvalue weighted by Gasteiger charge is 2.25. The minimum atomic E-state index is -0.349. The van der Waals surface area contributed by atoms with Crippen LogP contribution in [0.1, 0.15) is 69.2 Å². The molecule has 0 spiro atoms. The standard InChI is InChI=1S/C28H35N5O/c1-7-20-10-9-16(3)22(12-20)23-14-24-25(13-21(23)8-2)33-28(34)27(24)19(6)32-26(30)11-17(4)31-18(5)15-29/h9-14,18,21,23,30-31,33-34H,7-8H2,1-6H3/b17-11-,30-26?,32-19?/t18-,21?,23?/m0/s1. The summed E-state index contributed by atoms with van der Waals surface area (Å²) in [6.45, 7) is 11.9. The number of benzene rings is 1. The van der Waals surface area contributed by atoms with Gasteiger partial charge in [0.25, 0.3) is 0 Å². The van der Waals surface area contributed by atoms with Gasteiger partial charge in [-0.15, -0.1) is 0 Å². The number of aromatic amines is 1. The molecule has 6 heteroatoms. The Morgan fingerprint density at radius 2 is 2.06 bits per heavy atom. The van der Waals surface area contributed by atoms with Crippen molar-refractivity contribution >= 4 is 23.7 Å². The van der Waals surface area contributed by atoms with Crippen LogP contribution in [0.5, 0.6) is 5.88 Å². The lowest BCUT2D eigenvalue weighted by atomic mass is 9.78. The molecular formula is C28H35N5O. The molecule has 0 aliphatic heterocycles. The zero-order valence-corrected chi connectivity index (χ0v) is 21.0. The summed E-state index contributed by atoms with van der Waals surface area (Å²) < 4.78 is 0. The van der Waals surface area contributed by atoms with Gasteiger partial charge >= 0.3 is 0 Å². The molecule has 1 aromatic heterocycles. The normalized spacial score (nSPS) is 18.9. The largest absolute Gasteiger partial charge is 0.494 e. The average Bonchev–Trinajstić information content (AvgIpc) is 3.12. The Morgan fingerprint density at radius 3 is 2.71 bits per heavy atom. The second kappa shape index (κ2) is 10.6. The van der Waals surface area contributed by atoms with Crippen LogP contribution >= 0.6 is 0 Å². The van der Waals surface area contributed by atoms with Crippen molar-refractivity contribution in [3.05, 3.63) is 62.8 Å². The fourth-order valence-corrected chi connectivity index (χ4v) is 4.66. The molecule has 3 rings (SSSR count). The first kappa shape index (κ1) is 25.0. The van der Waals surface area contributed by atoms with Crippen LogP contribution in [0.3, 0.4) is 0 Å². The van der Waals surface area contributed by atoms with Gasteiger partial charge in [0.15, 0.2) is 5.88 Å². The van der Waals surface area contributed by atoms with E-state index in [1.165, 1.54) is 16.7 Å². The quantitative estimate of drug-likeness (QED) is 0.370. The molecule has 3 atom stereocenters. The first-order valence-electron chi connectivity index (χ1n) is 11.9. The first-order chi connectivity index (χ1) is 16.2. The second-order valence-electron chi connectivity index (χ2n) is 9.06. The van der Waals surface area contributed by atoms with Gasteiger partial charge in [-0.25, -0.2) is 4.99 Å². The SMILES string of the molecule is CCc1ccc(C)c(C2C=c3c(C(C)=NC(=N)/C=C(/C)N[C@@H](C)C#N)c(O)[nH]c3=CC2CC)c1. The highest BCUT2D eigenvalue weighted by molar-refractivity contribution is 6.09. The number of hydrogen-bond donors (Lipinski definition) is 4. The van der Waals surface area contributed by atoms with Gasteiger partial charge < -0.3 is 15.4 Å². The lowest BCUT2D eigenvalue weighted by Crippen LogP contribution is -2.34. The van der Waals surface area contributed by atoms with E-state index in [1.54, 1.807) is 19.9 Å². The average molecular weight is 458 g/mol. The summed E-state index contributed by atoms with van der Waals surface area (Å²) in [4.78, 5) is 7.55. The van der Waals surface area contributed by atoms with Crippen molar-refractivity contribution in [2.45, 2.75) is 66.3 Å². The molecule has 0 amide bonds. The van der Waals surface area contributed by atoms with Crippen LogP contribution in [-0.2, 0) is 6.42 Å². The molecular weight excluding hydrogens is 422 g/mol. The maximum Gasteiger partial charge on any atom is 0.198 e. The van der Waals surface area contributed by atoms with Gasteiger partial charge in [0, 0.05) is 28.3 Å². The van der Waals surface area contributed by atoms with E-state index in [2.05, 4.69) is 72.5 Å². The van der Waals surface area contributed by atoms with E-state index < -0.39 is 0 Å². The second-order valence-corrected chi connectivity index (χ2v) is 9.06. The predicted octanol–water partition coefficient (Wildman–Crippen LogP) is 4.17. The van der Waals surface area contributed by atoms with E-state index in [-0.39, 0.29) is 23.7 Å². The molecule has 1 aromatic carbocycles. The van der Waals surface area contributed by atoms with Crippen molar-refractivity contribution in [2.75, 3.05) is 0 Å². The van der Waals surface area contributed by atoms with E-state index in [1.807, 2.05) is 6.92 Å². The number of allylic oxidation sites excluding steroid dienone is 1. The number of aromatic hydroxyl groups is 1. The van der Waals surface area contributed by atoms with Crippen LogP contribution < -0.4 is 15.9 Å². The van der Waals surface area contributed by atoms with E-state index in [0.29, 0.717) is 22.9 Å². The van der Waals surface area contributed by atoms with Crippen LogP contribution in [-0.4, -0.2) is 27.7 Å².